The van der Waals surface area contributed by atoms with E-state index < -0.39 is 14.6 Å². The molecule has 23 heavy (non-hydrogen) atoms. The number of hydrogen-bond acceptors (Lipinski definition) is 4. The van der Waals surface area contributed by atoms with Gasteiger partial charge < -0.3 is 10.2 Å². The molecule has 0 aromatic heterocycles. The number of hydrogen-bond donors (Lipinski definition) is 1. The van der Waals surface area contributed by atoms with Gasteiger partial charge in [0.25, 0.3) is 0 Å². The average molecular weight is 345 g/mol. The van der Waals surface area contributed by atoms with Gasteiger partial charge in [0.1, 0.15) is 0 Å². The van der Waals surface area contributed by atoms with Crippen molar-refractivity contribution in [3.8, 4) is 0 Å². The molecule has 0 aromatic rings. The van der Waals surface area contributed by atoms with Crippen molar-refractivity contribution in [2.45, 2.75) is 50.8 Å². The van der Waals surface area contributed by atoms with Crippen LogP contribution in [-0.2, 0) is 9.84 Å². The van der Waals surface area contributed by atoms with Crippen molar-refractivity contribution in [2.75, 3.05) is 45.5 Å². The smallest absolute Gasteiger partial charge is 0.193 e. The maximum absolute atomic E-state index is 12.2. The van der Waals surface area contributed by atoms with Crippen LogP contribution in [0, 0.1) is 0 Å². The van der Waals surface area contributed by atoms with Crippen molar-refractivity contribution in [1.82, 2.24) is 15.1 Å². The summed E-state index contributed by atoms with van der Waals surface area (Å²) in [6.45, 7) is 10.1. The zero-order valence-corrected chi connectivity index (χ0v) is 15.8. The van der Waals surface area contributed by atoms with E-state index in [-0.39, 0.29) is 5.75 Å². The van der Waals surface area contributed by atoms with Gasteiger partial charge in [-0.25, -0.2) is 8.42 Å². The number of sulfone groups is 1. The minimum Gasteiger partial charge on any atom is -0.355 e. The molecule has 0 aliphatic carbocycles. The van der Waals surface area contributed by atoms with Crippen molar-refractivity contribution in [2.24, 2.45) is 4.99 Å². The van der Waals surface area contributed by atoms with Gasteiger partial charge in [0.05, 0.1) is 10.5 Å². The van der Waals surface area contributed by atoms with Crippen LogP contribution in [0.15, 0.2) is 4.99 Å². The summed E-state index contributed by atoms with van der Waals surface area (Å²) in [5.74, 6) is 0.967. The van der Waals surface area contributed by atoms with E-state index in [0.717, 1.165) is 19.0 Å². The van der Waals surface area contributed by atoms with Crippen molar-refractivity contribution < 1.29 is 8.42 Å². The van der Waals surface area contributed by atoms with E-state index in [0.29, 0.717) is 12.6 Å². The third-order valence-electron chi connectivity index (χ3n) is 4.92. The van der Waals surface area contributed by atoms with E-state index in [1.165, 1.54) is 32.4 Å². The van der Waals surface area contributed by atoms with E-state index >= 15 is 0 Å². The van der Waals surface area contributed by atoms with Crippen LogP contribution in [0.5, 0.6) is 0 Å². The Morgan fingerprint density at radius 3 is 2.43 bits per heavy atom. The Morgan fingerprint density at radius 2 is 1.87 bits per heavy atom. The zero-order valence-electron chi connectivity index (χ0n) is 15.0. The number of aliphatic imine (C=N–C) groups is 1. The van der Waals surface area contributed by atoms with Crippen LogP contribution in [0.2, 0.25) is 0 Å². The normalized spacial score (nSPS) is 24.4. The molecule has 7 heteroatoms. The number of likely N-dealkylation sites (tertiary alicyclic amines) is 2. The standard InChI is InChI=1S/C16H32N4O2S/c1-16(2,3)23(21,22)12-8-18-15(17-4)20-11-7-14(13-20)19-9-5-6-10-19/h14H,5-13H2,1-4H3,(H,17,18). The van der Waals surface area contributed by atoms with Gasteiger partial charge in [-0.15, -0.1) is 0 Å². The fourth-order valence-electron chi connectivity index (χ4n) is 3.27. The van der Waals surface area contributed by atoms with Crippen molar-refractivity contribution in [1.29, 1.82) is 0 Å². The molecule has 2 saturated heterocycles. The molecule has 0 bridgehead atoms. The van der Waals surface area contributed by atoms with Crippen LogP contribution in [0.3, 0.4) is 0 Å². The fourth-order valence-corrected chi connectivity index (χ4v) is 4.26. The summed E-state index contributed by atoms with van der Waals surface area (Å²) in [6.07, 6.45) is 3.79. The van der Waals surface area contributed by atoms with Gasteiger partial charge in [0.2, 0.25) is 0 Å². The Bertz CT molecular complexity index is 519. The van der Waals surface area contributed by atoms with Crippen molar-refractivity contribution >= 4 is 15.8 Å². The molecule has 0 spiro atoms. The van der Waals surface area contributed by atoms with Crippen LogP contribution in [0.25, 0.3) is 0 Å². The molecule has 1 atom stereocenters. The second-order valence-electron chi connectivity index (χ2n) is 7.54. The Kier molecular flexibility index (Phi) is 5.94. The highest BCUT2D eigenvalue weighted by Crippen LogP contribution is 2.20. The van der Waals surface area contributed by atoms with Crippen LogP contribution >= 0.6 is 0 Å². The maximum Gasteiger partial charge on any atom is 0.193 e. The average Bonchev–Trinajstić information content (AvgIpc) is 3.12. The molecule has 2 aliphatic heterocycles. The molecule has 1 N–H and O–H groups in total. The topological polar surface area (TPSA) is 65.0 Å². The van der Waals surface area contributed by atoms with Crippen molar-refractivity contribution in [3.63, 3.8) is 0 Å². The number of rotatable bonds is 4. The Hall–Kier alpha value is -0.820. The quantitative estimate of drug-likeness (QED) is 0.607. The summed E-state index contributed by atoms with van der Waals surface area (Å²) in [5, 5.41) is 3.23. The molecule has 2 heterocycles. The molecule has 0 aromatic carbocycles. The van der Waals surface area contributed by atoms with Gasteiger partial charge in [-0.1, -0.05) is 0 Å². The first-order valence-electron chi connectivity index (χ1n) is 8.66. The second-order valence-corrected chi connectivity index (χ2v) is 10.4. The summed E-state index contributed by atoms with van der Waals surface area (Å²) in [4.78, 5) is 9.17. The molecule has 0 saturated carbocycles. The molecule has 0 radical (unpaired) electrons. The lowest BCUT2D eigenvalue weighted by Gasteiger charge is -2.26. The predicted molar refractivity (Wildman–Crippen MR) is 95.7 cm³/mol. The van der Waals surface area contributed by atoms with Crippen LogP contribution in [0.4, 0.5) is 0 Å². The van der Waals surface area contributed by atoms with E-state index in [1.807, 2.05) is 0 Å². The van der Waals surface area contributed by atoms with Gasteiger partial charge in [0, 0.05) is 32.7 Å². The predicted octanol–water partition coefficient (Wildman–Crippen LogP) is 0.945. The van der Waals surface area contributed by atoms with Gasteiger partial charge >= 0.3 is 0 Å². The van der Waals surface area contributed by atoms with Gasteiger partial charge in [-0.05, 0) is 53.1 Å². The van der Waals surface area contributed by atoms with E-state index in [4.69, 9.17) is 0 Å². The van der Waals surface area contributed by atoms with E-state index in [1.54, 1.807) is 27.8 Å². The number of nitrogens with zero attached hydrogens (tertiary/aromatic N) is 3. The highest BCUT2D eigenvalue weighted by atomic mass is 32.2. The molecule has 2 rings (SSSR count). The second kappa shape index (κ2) is 7.38. The summed E-state index contributed by atoms with van der Waals surface area (Å²) in [7, 11) is -1.33. The van der Waals surface area contributed by atoms with Crippen LogP contribution < -0.4 is 5.32 Å². The first-order valence-corrected chi connectivity index (χ1v) is 10.3. The Balaban J connectivity index is 1.82. The summed E-state index contributed by atoms with van der Waals surface area (Å²) >= 11 is 0. The molecule has 0 amide bonds. The molecule has 6 nitrogen and oxygen atoms in total. The Morgan fingerprint density at radius 1 is 1.22 bits per heavy atom. The number of nitrogens with one attached hydrogen (secondary N) is 1. The maximum atomic E-state index is 12.2. The minimum absolute atomic E-state index is 0.138. The lowest BCUT2D eigenvalue weighted by atomic mass is 10.2. The third kappa shape index (κ3) is 4.59. The van der Waals surface area contributed by atoms with Gasteiger partial charge in [0.15, 0.2) is 15.8 Å². The number of guanidine groups is 1. The monoisotopic (exact) mass is 344 g/mol. The summed E-state index contributed by atoms with van der Waals surface area (Å²) in [5.41, 5.74) is 0. The Labute approximate surface area is 141 Å². The molecule has 2 aliphatic rings. The lowest BCUT2D eigenvalue weighted by molar-refractivity contribution is 0.249. The molecule has 2 fully saturated rings. The van der Waals surface area contributed by atoms with E-state index in [9.17, 15) is 8.42 Å². The highest BCUT2D eigenvalue weighted by molar-refractivity contribution is 7.92. The lowest BCUT2D eigenvalue weighted by Crippen LogP contribution is -2.44. The highest BCUT2D eigenvalue weighted by Gasteiger charge is 2.31. The molecule has 1 unspecified atom stereocenters. The largest absolute Gasteiger partial charge is 0.355 e. The first kappa shape index (κ1) is 18.5. The van der Waals surface area contributed by atoms with Crippen LogP contribution in [0.1, 0.15) is 40.0 Å². The molecule has 134 valence electrons. The molecular weight excluding hydrogens is 312 g/mol. The third-order valence-corrected chi connectivity index (χ3v) is 7.53. The SMILES string of the molecule is CN=C(NCCS(=O)(=O)C(C)(C)C)N1CCC(N2CCCC2)C1. The summed E-state index contributed by atoms with van der Waals surface area (Å²) < 4.78 is 23.6. The molecular formula is C16H32N4O2S. The van der Waals surface area contributed by atoms with Gasteiger partial charge in [-0.3, -0.25) is 9.89 Å². The van der Waals surface area contributed by atoms with E-state index in [2.05, 4.69) is 20.1 Å². The zero-order chi connectivity index (χ0) is 17.1. The van der Waals surface area contributed by atoms with Crippen LogP contribution in [-0.4, -0.2) is 80.5 Å². The summed E-state index contributed by atoms with van der Waals surface area (Å²) in [6, 6.07) is 0.620. The first-order chi connectivity index (χ1) is 10.7. The fraction of sp³-hybridized carbons (Fsp3) is 0.938. The van der Waals surface area contributed by atoms with Crippen molar-refractivity contribution in [3.05, 3.63) is 0 Å². The van der Waals surface area contributed by atoms with Gasteiger partial charge in [-0.2, -0.15) is 0 Å². The minimum atomic E-state index is -3.09.